The standard InChI is InChI=1S/C5H12NO7PS/c6-4(5(7)8)1-2-15(12,13)3-14(9,10)11/h4H,1-3,6H2,(H,7,8)(H2,9,10,11)/t4-/m0/s1. The van der Waals surface area contributed by atoms with Crippen molar-refractivity contribution in [2.75, 3.05) is 11.2 Å². The van der Waals surface area contributed by atoms with Crippen LogP contribution in [-0.4, -0.2) is 46.6 Å². The predicted octanol–water partition coefficient (Wildman–Crippen LogP) is -1.66. The largest absolute Gasteiger partial charge is 0.480 e. The monoisotopic (exact) mass is 261 g/mol. The molecule has 8 nitrogen and oxygen atoms in total. The smallest absolute Gasteiger partial charge is 0.340 e. The van der Waals surface area contributed by atoms with Gasteiger partial charge in [0.05, 0.1) is 5.75 Å². The van der Waals surface area contributed by atoms with Gasteiger partial charge in [-0.1, -0.05) is 0 Å². The number of sulfone groups is 1. The molecule has 0 radical (unpaired) electrons. The van der Waals surface area contributed by atoms with E-state index >= 15 is 0 Å². The van der Waals surface area contributed by atoms with Crippen molar-refractivity contribution in [1.29, 1.82) is 0 Å². The molecule has 0 fully saturated rings. The summed E-state index contributed by atoms with van der Waals surface area (Å²) < 4.78 is 32.5. The molecule has 0 saturated heterocycles. The fourth-order valence-corrected chi connectivity index (χ4v) is 3.93. The first kappa shape index (κ1) is 14.5. The van der Waals surface area contributed by atoms with E-state index in [-0.39, 0.29) is 6.42 Å². The summed E-state index contributed by atoms with van der Waals surface area (Å²) in [5.41, 5.74) is 3.74. The average Bonchev–Trinajstić information content (AvgIpc) is 1.95. The summed E-state index contributed by atoms with van der Waals surface area (Å²) >= 11 is 0. The maximum atomic E-state index is 11.0. The van der Waals surface area contributed by atoms with Crippen LogP contribution in [0.5, 0.6) is 0 Å². The SMILES string of the molecule is N[C@@H](CCS(=O)(=O)CP(=O)(O)O)C(=O)O. The minimum Gasteiger partial charge on any atom is -0.480 e. The molecular formula is C5H12NO7PS. The summed E-state index contributed by atoms with van der Waals surface area (Å²) in [6.07, 6.45) is -0.377. The van der Waals surface area contributed by atoms with Crippen LogP contribution in [0.2, 0.25) is 0 Å². The number of aliphatic carboxylic acids is 1. The van der Waals surface area contributed by atoms with Gasteiger partial charge in [0.15, 0.2) is 15.3 Å². The molecule has 0 heterocycles. The van der Waals surface area contributed by atoms with Crippen molar-refractivity contribution in [2.45, 2.75) is 12.5 Å². The lowest BCUT2D eigenvalue weighted by Crippen LogP contribution is -2.32. The Morgan fingerprint density at radius 3 is 2.20 bits per heavy atom. The zero-order chi connectivity index (χ0) is 12.3. The lowest BCUT2D eigenvalue weighted by Gasteiger charge is -2.07. The third-order valence-corrected chi connectivity index (χ3v) is 5.20. The van der Waals surface area contributed by atoms with Crippen molar-refractivity contribution in [3.8, 4) is 0 Å². The summed E-state index contributed by atoms with van der Waals surface area (Å²) in [5.74, 6) is -2.02. The molecule has 0 bridgehead atoms. The van der Waals surface area contributed by atoms with Crippen molar-refractivity contribution in [3.63, 3.8) is 0 Å². The first-order valence-electron chi connectivity index (χ1n) is 3.77. The molecular weight excluding hydrogens is 249 g/mol. The predicted molar refractivity (Wildman–Crippen MR) is 50.9 cm³/mol. The van der Waals surface area contributed by atoms with Crippen LogP contribution in [0.4, 0.5) is 0 Å². The molecule has 5 N–H and O–H groups in total. The van der Waals surface area contributed by atoms with E-state index in [2.05, 4.69) is 0 Å². The molecule has 0 aliphatic carbocycles. The topological polar surface area (TPSA) is 155 Å². The third kappa shape index (κ3) is 7.46. The Bertz CT molecular complexity index is 371. The van der Waals surface area contributed by atoms with Crippen LogP contribution in [0.3, 0.4) is 0 Å². The number of carboxylic acid groups (broad SMARTS) is 1. The van der Waals surface area contributed by atoms with Crippen LogP contribution >= 0.6 is 7.60 Å². The number of carboxylic acids is 1. The molecule has 0 aromatic rings. The van der Waals surface area contributed by atoms with Crippen LogP contribution in [-0.2, 0) is 19.2 Å². The van der Waals surface area contributed by atoms with Crippen molar-refractivity contribution in [1.82, 2.24) is 0 Å². The Hall–Kier alpha value is -0.470. The lowest BCUT2D eigenvalue weighted by atomic mass is 10.2. The van der Waals surface area contributed by atoms with E-state index in [1.807, 2.05) is 0 Å². The van der Waals surface area contributed by atoms with Crippen LogP contribution in [0.1, 0.15) is 6.42 Å². The maximum Gasteiger partial charge on any atom is 0.340 e. The zero-order valence-electron chi connectivity index (χ0n) is 7.61. The van der Waals surface area contributed by atoms with Gasteiger partial charge in [-0.3, -0.25) is 9.36 Å². The number of rotatable bonds is 6. The number of nitrogens with two attached hydrogens (primary N) is 1. The second-order valence-corrected chi connectivity index (χ2v) is 7.23. The fraction of sp³-hybridized carbons (Fsp3) is 0.800. The minimum atomic E-state index is -4.65. The van der Waals surface area contributed by atoms with Crippen molar-refractivity contribution >= 4 is 23.4 Å². The molecule has 0 amide bonds. The summed E-state index contributed by atoms with van der Waals surface area (Å²) in [7, 11) is -8.62. The fourth-order valence-electron chi connectivity index (χ4n) is 0.751. The Morgan fingerprint density at radius 2 is 1.87 bits per heavy atom. The second-order valence-electron chi connectivity index (χ2n) is 2.97. The van der Waals surface area contributed by atoms with Gasteiger partial charge >= 0.3 is 13.6 Å². The van der Waals surface area contributed by atoms with Gasteiger partial charge in [-0.2, -0.15) is 0 Å². The summed E-state index contributed by atoms with van der Waals surface area (Å²) in [6, 6.07) is -1.35. The molecule has 15 heavy (non-hydrogen) atoms. The first-order chi connectivity index (χ1) is 6.53. The molecule has 1 atom stereocenters. The summed E-state index contributed by atoms with van der Waals surface area (Å²) in [4.78, 5) is 27.1. The van der Waals surface area contributed by atoms with Crippen molar-refractivity contribution in [2.24, 2.45) is 5.73 Å². The Labute approximate surface area is 86.2 Å². The molecule has 0 aliphatic heterocycles. The number of hydrogen-bond donors (Lipinski definition) is 4. The number of carbonyl (C=O) groups is 1. The Balaban J connectivity index is 4.30. The minimum absolute atomic E-state index is 0.377. The molecule has 0 aromatic heterocycles. The van der Waals surface area contributed by atoms with E-state index in [0.717, 1.165) is 0 Å². The summed E-state index contributed by atoms with van der Waals surface area (Å²) in [5, 5.41) is 8.34. The molecule has 0 aromatic carbocycles. The van der Waals surface area contributed by atoms with Crippen molar-refractivity contribution in [3.05, 3.63) is 0 Å². The molecule has 90 valence electrons. The average molecular weight is 261 g/mol. The molecule has 0 spiro atoms. The van der Waals surface area contributed by atoms with Crippen LogP contribution in [0, 0.1) is 0 Å². The van der Waals surface area contributed by atoms with Crippen molar-refractivity contribution < 1.29 is 32.7 Å². The van der Waals surface area contributed by atoms with E-state index in [9.17, 15) is 17.8 Å². The van der Waals surface area contributed by atoms with E-state index in [1.54, 1.807) is 0 Å². The van der Waals surface area contributed by atoms with Gasteiger partial charge < -0.3 is 20.6 Å². The van der Waals surface area contributed by atoms with E-state index < -0.39 is 40.7 Å². The van der Waals surface area contributed by atoms with E-state index in [1.165, 1.54) is 0 Å². The molecule has 0 unspecified atom stereocenters. The van der Waals surface area contributed by atoms with Gasteiger partial charge in [-0.05, 0) is 6.42 Å². The van der Waals surface area contributed by atoms with Gasteiger partial charge in [0.2, 0.25) is 0 Å². The molecule has 0 saturated carbocycles. The third-order valence-electron chi connectivity index (χ3n) is 1.42. The quantitative estimate of drug-likeness (QED) is 0.414. The first-order valence-corrected chi connectivity index (χ1v) is 7.39. The molecule has 10 heteroatoms. The van der Waals surface area contributed by atoms with Gasteiger partial charge in [-0.15, -0.1) is 0 Å². The van der Waals surface area contributed by atoms with Crippen LogP contribution in [0.25, 0.3) is 0 Å². The number of hydrogen-bond acceptors (Lipinski definition) is 5. The highest BCUT2D eigenvalue weighted by Crippen LogP contribution is 2.36. The van der Waals surface area contributed by atoms with Crippen LogP contribution in [0.15, 0.2) is 0 Å². The van der Waals surface area contributed by atoms with Gasteiger partial charge in [-0.25, -0.2) is 8.42 Å². The van der Waals surface area contributed by atoms with Gasteiger partial charge in [0, 0.05) is 0 Å². The normalized spacial score (nSPS) is 14.9. The Kier molecular flexibility index (Phi) is 4.88. The summed E-state index contributed by atoms with van der Waals surface area (Å²) in [6.45, 7) is 0. The van der Waals surface area contributed by atoms with E-state index in [4.69, 9.17) is 20.6 Å². The maximum absolute atomic E-state index is 11.0. The molecule has 0 rings (SSSR count). The highest BCUT2D eigenvalue weighted by atomic mass is 32.2. The lowest BCUT2D eigenvalue weighted by molar-refractivity contribution is -0.138. The Morgan fingerprint density at radius 1 is 1.40 bits per heavy atom. The van der Waals surface area contributed by atoms with E-state index in [0.29, 0.717) is 0 Å². The highest BCUT2D eigenvalue weighted by molar-refractivity contribution is 7.97. The second kappa shape index (κ2) is 5.04. The zero-order valence-corrected chi connectivity index (χ0v) is 9.32. The van der Waals surface area contributed by atoms with Crippen LogP contribution < -0.4 is 5.73 Å². The highest BCUT2D eigenvalue weighted by Gasteiger charge is 2.26. The molecule has 0 aliphatic rings. The van der Waals surface area contributed by atoms with Gasteiger partial charge in [0.1, 0.15) is 6.04 Å². The van der Waals surface area contributed by atoms with Gasteiger partial charge in [0.25, 0.3) is 0 Å².